The van der Waals surface area contributed by atoms with Gasteiger partial charge in [0.25, 0.3) is 0 Å². The Balaban J connectivity index is 0.000001000. The maximum atomic E-state index is 10.8. The lowest BCUT2D eigenvalue weighted by atomic mass is 10.1. The predicted octanol–water partition coefficient (Wildman–Crippen LogP) is 0.296. The molecule has 1 rings (SSSR count). The van der Waals surface area contributed by atoms with E-state index in [2.05, 4.69) is 10.6 Å². The smallest absolute Gasteiger partial charge is 0.220 e. The summed E-state index contributed by atoms with van der Waals surface area (Å²) in [5.41, 5.74) is 0. The van der Waals surface area contributed by atoms with Crippen molar-refractivity contribution in [2.24, 2.45) is 0 Å². The molecule has 0 aliphatic carbocycles. The monoisotopic (exact) mass is 178 g/mol. The van der Waals surface area contributed by atoms with E-state index in [0.29, 0.717) is 12.5 Å². The average Bonchev–Trinajstić information content (AvgIpc) is 2.14. The molecule has 0 bridgehead atoms. The van der Waals surface area contributed by atoms with Crippen molar-refractivity contribution in [1.82, 2.24) is 10.6 Å². The second-order valence-electron chi connectivity index (χ2n) is 2.66. The van der Waals surface area contributed by atoms with Gasteiger partial charge in [-0.3, -0.25) is 4.79 Å². The van der Waals surface area contributed by atoms with E-state index < -0.39 is 0 Å². The zero-order chi connectivity index (χ0) is 7.40. The first kappa shape index (κ1) is 10.7. The van der Waals surface area contributed by atoms with Gasteiger partial charge in [-0.25, -0.2) is 0 Å². The Hall–Kier alpha value is -0.280. The number of amides is 1. The molecule has 1 atom stereocenters. The lowest BCUT2D eigenvalue weighted by Gasteiger charge is -2.09. The van der Waals surface area contributed by atoms with Crippen LogP contribution < -0.4 is 10.6 Å². The Morgan fingerprint density at radius 3 is 2.91 bits per heavy atom. The lowest BCUT2D eigenvalue weighted by molar-refractivity contribution is -0.120. The lowest BCUT2D eigenvalue weighted by Crippen LogP contribution is -2.26. The van der Waals surface area contributed by atoms with E-state index in [9.17, 15) is 4.79 Å². The van der Waals surface area contributed by atoms with E-state index in [0.717, 1.165) is 19.4 Å². The van der Waals surface area contributed by atoms with Gasteiger partial charge in [-0.05, 0) is 19.9 Å². The molecule has 1 unspecified atom stereocenters. The van der Waals surface area contributed by atoms with Crippen LogP contribution in [0.1, 0.15) is 19.3 Å². The predicted molar refractivity (Wildman–Crippen MR) is 47.0 cm³/mol. The van der Waals surface area contributed by atoms with Crippen LogP contribution in [0.3, 0.4) is 0 Å². The minimum Gasteiger partial charge on any atom is -0.356 e. The molecule has 1 saturated heterocycles. The molecule has 1 heterocycles. The number of nitrogens with one attached hydrogen (secondary N) is 2. The van der Waals surface area contributed by atoms with Gasteiger partial charge in [0, 0.05) is 19.0 Å². The summed E-state index contributed by atoms with van der Waals surface area (Å²) in [5, 5.41) is 6.00. The van der Waals surface area contributed by atoms with Crippen LogP contribution in [0, 0.1) is 0 Å². The fourth-order valence-electron chi connectivity index (χ4n) is 1.21. The van der Waals surface area contributed by atoms with E-state index >= 15 is 0 Å². The highest BCUT2D eigenvalue weighted by Gasteiger charge is 2.13. The Bertz CT molecular complexity index is 130. The molecule has 1 aliphatic rings. The quantitative estimate of drug-likeness (QED) is 0.607. The summed E-state index contributed by atoms with van der Waals surface area (Å²) in [5.74, 6) is 0.192. The van der Waals surface area contributed by atoms with E-state index in [1.165, 1.54) is 0 Å². The van der Waals surface area contributed by atoms with Crippen molar-refractivity contribution in [3.8, 4) is 0 Å². The third kappa shape index (κ3) is 3.58. The molecule has 0 spiro atoms. The third-order valence-electron chi connectivity index (χ3n) is 1.94. The Labute approximate surface area is 73.3 Å². The molecule has 11 heavy (non-hydrogen) atoms. The molecular formula is C7H15ClN2O. The summed E-state index contributed by atoms with van der Waals surface area (Å²) < 4.78 is 0. The molecule has 1 aliphatic heterocycles. The highest BCUT2D eigenvalue weighted by Crippen LogP contribution is 2.04. The molecule has 1 amide bonds. The van der Waals surface area contributed by atoms with Crippen molar-refractivity contribution in [2.45, 2.75) is 25.3 Å². The highest BCUT2D eigenvalue weighted by molar-refractivity contribution is 5.85. The van der Waals surface area contributed by atoms with E-state index in [1.807, 2.05) is 7.05 Å². The van der Waals surface area contributed by atoms with Gasteiger partial charge in [-0.2, -0.15) is 0 Å². The van der Waals surface area contributed by atoms with Gasteiger partial charge in [0.1, 0.15) is 0 Å². The average molecular weight is 179 g/mol. The Morgan fingerprint density at radius 1 is 1.55 bits per heavy atom. The summed E-state index contributed by atoms with van der Waals surface area (Å²) >= 11 is 0. The summed E-state index contributed by atoms with van der Waals surface area (Å²) in [7, 11) is 1.94. The van der Waals surface area contributed by atoms with Crippen molar-refractivity contribution in [1.29, 1.82) is 0 Å². The first-order valence-corrected chi connectivity index (χ1v) is 3.77. The summed E-state index contributed by atoms with van der Waals surface area (Å²) in [6.07, 6.45) is 2.70. The van der Waals surface area contributed by atoms with Gasteiger partial charge in [0.2, 0.25) is 5.91 Å². The first-order chi connectivity index (χ1) is 4.83. The number of hydrogen-bond donors (Lipinski definition) is 2. The van der Waals surface area contributed by atoms with Crippen LogP contribution in [0.15, 0.2) is 0 Å². The molecule has 4 heteroatoms. The first-order valence-electron chi connectivity index (χ1n) is 3.77. The molecule has 0 aromatic rings. The van der Waals surface area contributed by atoms with Crippen molar-refractivity contribution in [3.05, 3.63) is 0 Å². The largest absolute Gasteiger partial charge is 0.356 e. The zero-order valence-electron chi connectivity index (χ0n) is 6.72. The SMILES string of the molecule is CNC1CCNC(=O)CC1.Cl. The van der Waals surface area contributed by atoms with Crippen LogP contribution >= 0.6 is 12.4 Å². The Morgan fingerprint density at radius 2 is 2.27 bits per heavy atom. The van der Waals surface area contributed by atoms with Crippen LogP contribution in [0.4, 0.5) is 0 Å². The minimum atomic E-state index is 0. The minimum absolute atomic E-state index is 0. The third-order valence-corrected chi connectivity index (χ3v) is 1.94. The van der Waals surface area contributed by atoms with E-state index in [4.69, 9.17) is 0 Å². The maximum absolute atomic E-state index is 10.8. The summed E-state index contributed by atoms with van der Waals surface area (Å²) in [6, 6.07) is 0.527. The molecule has 0 aromatic heterocycles. The van der Waals surface area contributed by atoms with Gasteiger partial charge in [0.05, 0.1) is 0 Å². The molecule has 0 aromatic carbocycles. The van der Waals surface area contributed by atoms with Gasteiger partial charge in [0.15, 0.2) is 0 Å². The van der Waals surface area contributed by atoms with Crippen LogP contribution in [0.2, 0.25) is 0 Å². The van der Waals surface area contributed by atoms with E-state index in [-0.39, 0.29) is 18.3 Å². The van der Waals surface area contributed by atoms with Crippen LogP contribution in [-0.4, -0.2) is 25.5 Å². The van der Waals surface area contributed by atoms with Crippen molar-refractivity contribution < 1.29 is 4.79 Å². The number of hydrogen-bond acceptors (Lipinski definition) is 2. The molecule has 0 radical (unpaired) electrons. The van der Waals surface area contributed by atoms with Gasteiger partial charge in [-0.1, -0.05) is 0 Å². The second-order valence-corrected chi connectivity index (χ2v) is 2.66. The fourth-order valence-corrected chi connectivity index (χ4v) is 1.21. The number of halogens is 1. The second kappa shape index (κ2) is 5.38. The summed E-state index contributed by atoms with van der Waals surface area (Å²) in [6.45, 7) is 0.824. The molecule has 1 fully saturated rings. The van der Waals surface area contributed by atoms with Crippen molar-refractivity contribution in [3.63, 3.8) is 0 Å². The molecule has 2 N–H and O–H groups in total. The standard InChI is InChI=1S/C7H14N2O.ClH/c1-8-6-2-3-7(10)9-5-4-6;/h6,8H,2-5H2,1H3,(H,9,10);1H. The fraction of sp³-hybridized carbons (Fsp3) is 0.857. The van der Waals surface area contributed by atoms with Crippen LogP contribution in [-0.2, 0) is 4.79 Å². The number of carbonyl (C=O) groups is 1. The number of rotatable bonds is 1. The number of carbonyl (C=O) groups excluding carboxylic acids is 1. The summed E-state index contributed by atoms with van der Waals surface area (Å²) in [4.78, 5) is 10.8. The molecular weight excluding hydrogens is 164 g/mol. The molecule has 3 nitrogen and oxygen atoms in total. The van der Waals surface area contributed by atoms with Gasteiger partial charge >= 0.3 is 0 Å². The van der Waals surface area contributed by atoms with Crippen molar-refractivity contribution in [2.75, 3.05) is 13.6 Å². The highest BCUT2D eigenvalue weighted by atomic mass is 35.5. The zero-order valence-corrected chi connectivity index (χ0v) is 7.54. The maximum Gasteiger partial charge on any atom is 0.220 e. The molecule has 66 valence electrons. The van der Waals surface area contributed by atoms with Gasteiger partial charge < -0.3 is 10.6 Å². The van der Waals surface area contributed by atoms with Crippen molar-refractivity contribution >= 4 is 18.3 Å². The topological polar surface area (TPSA) is 41.1 Å². The normalized spacial score (nSPS) is 24.8. The van der Waals surface area contributed by atoms with Crippen LogP contribution in [0.5, 0.6) is 0 Å². The van der Waals surface area contributed by atoms with E-state index in [1.54, 1.807) is 0 Å². The van der Waals surface area contributed by atoms with Crippen LogP contribution in [0.25, 0.3) is 0 Å². The molecule has 0 saturated carbocycles. The van der Waals surface area contributed by atoms with Gasteiger partial charge in [-0.15, -0.1) is 12.4 Å². The Kier molecular flexibility index (Phi) is 5.24.